The number of carbonyl (C=O) groups is 1. The Morgan fingerprint density at radius 1 is 0.909 bits per heavy atom. The quantitative estimate of drug-likeness (QED) is 0.446. The van der Waals surface area contributed by atoms with Crippen LogP contribution in [0.3, 0.4) is 0 Å². The second-order valence-corrected chi connectivity index (χ2v) is 8.65. The number of benzene rings is 2. The fraction of sp³-hybridized carbons (Fsp3) is 0.333. The Kier molecular flexibility index (Phi) is 5.90. The van der Waals surface area contributed by atoms with Crippen LogP contribution in [-0.2, 0) is 0 Å². The first kappa shape index (κ1) is 21.3. The Morgan fingerprint density at radius 2 is 1.61 bits per heavy atom. The number of likely N-dealkylation sites (tertiary alicyclic amines) is 1. The van der Waals surface area contributed by atoms with Gasteiger partial charge < -0.3 is 4.90 Å². The van der Waals surface area contributed by atoms with E-state index in [2.05, 4.69) is 69.7 Å². The van der Waals surface area contributed by atoms with Gasteiger partial charge in [0.15, 0.2) is 0 Å². The molecule has 1 saturated heterocycles. The Bertz CT molecular complexity index is 1200. The summed E-state index contributed by atoms with van der Waals surface area (Å²) in [6.45, 7) is 5.58. The highest BCUT2D eigenvalue weighted by atomic mass is 16.2. The van der Waals surface area contributed by atoms with Crippen molar-refractivity contribution >= 4 is 11.7 Å². The van der Waals surface area contributed by atoms with Gasteiger partial charge in [0.25, 0.3) is 11.7 Å². The molecule has 0 radical (unpaired) electrons. The number of amides is 1. The summed E-state index contributed by atoms with van der Waals surface area (Å²) >= 11 is 0. The first-order valence-corrected chi connectivity index (χ1v) is 11.9. The molecular formula is C27H29N5O. The number of carbonyl (C=O) groups excluding carboxylic acids is 1. The molecule has 2 aromatic carbocycles. The minimum absolute atomic E-state index is 0.0823. The summed E-state index contributed by atoms with van der Waals surface area (Å²) in [5.74, 6) is 2.23. The van der Waals surface area contributed by atoms with Crippen LogP contribution in [-0.4, -0.2) is 43.5 Å². The molecule has 0 spiro atoms. The van der Waals surface area contributed by atoms with Gasteiger partial charge in [-0.2, -0.15) is 4.98 Å². The maximum absolute atomic E-state index is 13.0. The molecule has 3 atom stereocenters. The summed E-state index contributed by atoms with van der Waals surface area (Å²) in [7, 11) is 0. The Labute approximate surface area is 194 Å². The number of aromatic nitrogens is 4. The van der Waals surface area contributed by atoms with Gasteiger partial charge in [0.1, 0.15) is 0 Å². The lowest BCUT2D eigenvalue weighted by Gasteiger charge is -2.20. The summed E-state index contributed by atoms with van der Waals surface area (Å²) in [6, 6.07) is 21.2. The van der Waals surface area contributed by atoms with Crippen LogP contribution in [0, 0.1) is 11.8 Å². The lowest BCUT2D eigenvalue weighted by molar-refractivity contribution is 0.0768. The Balaban J connectivity index is 0.00000111. The summed E-state index contributed by atoms with van der Waals surface area (Å²) in [5.41, 5.74) is 4.05. The van der Waals surface area contributed by atoms with Crippen LogP contribution in [0.1, 0.15) is 48.8 Å². The average Bonchev–Trinajstić information content (AvgIpc) is 3.58. The predicted octanol–water partition coefficient (Wildman–Crippen LogP) is 5.08. The molecule has 2 fully saturated rings. The Morgan fingerprint density at radius 3 is 2.33 bits per heavy atom. The number of fused-ring (bicyclic) bond motifs is 2. The van der Waals surface area contributed by atoms with E-state index in [0.29, 0.717) is 23.5 Å². The van der Waals surface area contributed by atoms with Gasteiger partial charge in [-0.05, 0) is 53.4 Å². The topological polar surface area (TPSA) is 63.4 Å². The molecule has 1 aliphatic heterocycles. The molecule has 1 saturated carbocycles. The molecule has 1 amide bonds. The molecule has 1 aliphatic carbocycles. The third-order valence-electron chi connectivity index (χ3n) is 6.83. The van der Waals surface area contributed by atoms with Crippen LogP contribution in [0.4, 0.5) is 0 Å². The summed E-state index contributed by atoms with van der Waals surface area (Å²) in [5, 5.41) is 4.31. The minimum atomic E-state index is -0.0823. The van der Waals surface area contributed by atoms with Crippen molar-refractivity contribution in [1.29, 1.82) is 0 Å². The standard InChI is InChI=1S/C25H23N5O.C2H6/c31-24(23-27-25-26-11-6-12-30(25)28-23)29-15-19-13-18(14-20(19)16-29)22-10-5-4-9-21(22)17-7-2-1-3-8-17;1-2/h1-12,18-20H,13-16H2;1-2H3/t18?,19-,20+;. The molecule has 4 aromatic rings. The first-order valence-electron chi connectivity index (χ1n) is 11.9. The number of nitrogens with zero attached hydrogens (tertiary/aromatic N) is 5. The number of rotatable bonds is 3. The maximum atomic E-state index is 13.0. The van der Waals surface area contributed by atoms with E-state index in [1.54, 1.807) is 23.0 Å². The largest absolute Gasteiger partial charge is 0.335 e. The van der Waals surface area contributed by atoms with E-state index in [9.17, 15) is 4.79 Å². The van der Waals surface area contributed by atoms with Gasteiger partial charge in [-0.3, -0.25) is 4.79 Å². The fourth-order valence-corrected chi connectivity index (χ4v) is 5.42. The number of hydrogen-bond donors (Lipinski definition) is 0. The predicted molar refractivity (Wildman–Crippen MR) is 129 cm³/mol. The van der Waals surface area contributed by atoms with E-state index in [1.165, 1.54) is 16.7 Å². The van der Waals surface area contributed by atoms with Crippen molar-refractivity contribution < 1.29 is 4.79 Å². The van der Waals surface area contributed by atoms with Crippen molar-refractivity contribution in [3.8, 4) is 11.1 Å². The molecule has 168 valence electrons. The summed E-state index contributed by atoms with van der Waals surface area (Å²) < 4.78 is 1.56. The second-order valence-electron chi connectivity index (χ2n) is 8.65. The van der Waals surface area contributed by atoms with E-state index in [1.807, 2.05) is 18.7 Å². The molecule has 6 rings (SSSR count). The van der Waals surface area contributed by atoms with Gasteiger partial charge in [-0.25, -0.2) is 9.50 Å². The van der Waals surface area contributed by atoms with Crippen LogP contribution in [0.25, 0.3) is 16.9 Å². The summed E-state index contributed by atoms with van der Waals surface area (Å²) in [4.78, 5) is 23.4. The van der Waals surface area contributed by atoms with E-state index in [-0.39, 0.29) is 11.7 Å². The SMILES string of the molecule is CC.O=C(c1nc2ncccn2n1)N1C[C@H]2CC(c3ccccc3-c3ccccc3)C[C@H]2C1. The highest BCUT2D eigenvalue weighted by Gasteiger charge is 2.43. The lowest BCUT2D eigenvalue weighted by atomic mass is 9.88. The molecular weight excluding hydrogens is 410 g/mol. The van der Waals surface area contributed by atoms with Crippen LogP contribution >= 0.6 is 0 Å². The second kappa shape index (κ2) is 9.14. The molecule has 1 unspecified atom stereocenters. The molecule has 0 N–H and O–H groups in total. The van der Waals surface area contributed by atoms with Gasteiger partial charge in [0.05, 0.1) is 0 Å². The minimum Gasteiger partial charge on any atom is -0.335 e. The molecule has 2 aliphatic rings. The van der Waals surface area contributed by atoms with Gasteiger partial charge in [0, 0.05) is 25.5 Å². The van der Waals surface area contributed by atoms with E-state index in [0.717, 1.165) is 25.9 Å². The molecule has 0 bridgehead atoms. The Hall–Kier alpha value is -3.54. The van der Waals surface area contributed by atoms with Gasteiger partial charge in [-0.1, -0.05) is 68.4 Å². The molecule has 6 nitrogen and oxygen atoms in total. The van der Waals surface area contributed by atoms with Gasteiger partial charge in [-0.15, -0.1) is 5.10 Å². The molecule has 3 heterocycles. The van der Waals surface area contributed by atoms with Crippen LogP contribution in [0.2, 0.25) is 0 Å². The average molecular weight is 440 g/mol. The number of hydrogen-bond acceptors (Lipinski definition) is 4. The normalized spacial score (nSPS) is 21.5. The third-order valence-corrected chi connectivity index (χ3v) is 6.83. The highest BCUT2D eigenvalue weighted by molar-refractivity contribution is 5.91. The zero-order valence-electron chi connectivity index (χ0n) is 19.1. The van der Waals surface area contributed by atoms with Crippen molar-refractivity contribution in [2.75, 3.05) is 13.1 Å². The molecule has 6 heteroatoms. The van der Waals surface area contributed by atoms with E-state index in [4.69, 9.17) is 0 Å². The van der Waals surface area contributed by atoms with E-state index < -0.39 is 0 Å². The van der Waals surface area contributed by atoms with Crippen molar-refractivity contribution in [3.63, 3.8) is 0 Å². The smallest absolute Gasteiger partial charge is 0.293 e. The van der Waals surface area contributed by atoms with Gasteiger partial charge in [0.2, 0.25) is 5.82 Å². The molecule has 2 aromatic heterocycles. The highest BCUT2D eigenvalue weighted by Crippen LogP contribution is 2.48. The van der Waals surface area contributed by atoms with Crippen molar-refractivity contribution in [3.05, 3.63) is 84.4 Å². The van der Waals surface area contributed by atoms with Crippen LogP contribution in [0.15, 0.2) is 73.1 Å². The third kappa shape index (κ3) is 4.01. The fourth-order valence-electron chi connectivity index (χ4n) is 5.42. The van der Waals surface area contributed by atoms with Crippen molar-refractivity contribution in [2.24, 2.45) is 11.8 Å². The maximum Gasteiger partial charge on any atom is 0.293 e. The van der Waals surface area contributed by atoms with Crippen LogP contribution in [0.5, 0.6) is 0 Å². The van der Waals surface area contributed by atoms with Crippen molar-refractivity contribution in [1.82, 2.24) is 24.5 Å². The zero-order chi connectivity index (χ0) is 22.8. The lowest BCUT2D eigenvalue weighted by Crippen LogP contribution is -2.30. The monoisotopic (exact) mass is 439 g/mol. The zero-order valence-corrected chi connectivity index (χ0v) is 19.1. The molecule has 33 heavy (non-hydrogen) atoms. The van der Waals surface area contributed by atoms with E-state index >= 15 is 0 Å². The van der Waals surface area contributed by atoms with Gasteiger partial charge >= 0.3 is 0 Å². The van der Waals surface area contributed by atoms with Crippen LogP contribution < -0.4 is 0 Å². The van der Waals surface area contributed by atoms with Crippen molar-refractivity contribution in [2.45, 2.75) is 32.6 Å². The summed E-state index contributed by atoms with van der Waals surface area (Å²) in [6.07, 6.45) is 5.67. The first-order chi connectivity index (χ1) is 16.3.